The third kappa shape index (κ3) is 8.46. The molecule has 6 aliphatic rings. The van der Waals surface area contributed by atoms with Gasteiger partial charge in [-0.1, -0.05) is 37.5 Å². The first-order valence-electron chi connectivity index (χ1n) is 21.2. The molecule has 15 nitrogen and oxygen atoms in total. The van der Waals surface area contributed by atoms with E-state index in [1.807, 2.05) is 25.1 Å². The fraction of sp³-hybridized carbons (Fsp3) is 0.605. The summed E-state index contributed by atoms with van der Waals surface area (Å²) >= 11 is 0. The van der Waals surface area contributed by atoms with E-state index in [1.165, 1.54) is 11.0 Å². The monoisotopic (exact) mass is 833 g/mol. The van der Waals surface area contributed by atoms with Gasteiger partial charge in [-0.25, -0.2) is 18.2 Å². The SMILES string of the molecule is C=C[C@H]1C[C@@]1(NC(=O)[C@@H]1C[C@@H]2CN1C(=O)[C@H](C1CCCCC1)NC(=O)O[C@@H]1CCC[C@H]1C/C=C/c1cc3c(cc(OCC)nc3cc1OC)O2)C(=O)NS(=O)(=O)C1CC1. The van der Waals surface area contributed by atoms with E-state index in [0.29, 0.717) is 73.4 Å². The van der Waals surface area contributed by atoms with Crippen LogP contribution in [0.4, 0.5) is 4.79 Å². The Labute approximate surface area is 345 Å². The van der Waals surface area contributed by atoms with Gasteiger partial charge in [-0.15, -0.1) is 6.58 Å². The maximum absolute atomic E-state index is 15.0. The van der Waals surface area contributed by atoms with Crippen molar-refractivity contribution in [3.63, 3.8) is 0 Å². The number of aromatic nitrogens is 1. The van der Waals surface area contributed by atoms with Crippen LogP contribution in [-0.2, 0) is 29.1 Å². The first-order valence-corrected chi connectivity index (χ1v) is 22.7. The van der Waals surface area contributed by atoms with Crippen molar-refractivity contribution in [3.05, 3.63) is 42.5 Å². The second-order valence-corrected chi connectivity index (χ2v) is 18.9. The van der Waals surface area contributed by atoms with Crippen molar-refractivity contribution in [2.75, 3.05) is 20.3 Å². The minimum absolute atomic E-state index is 0.0155. The molecule has 8 rings (SSSR count). The number of hydrogen-bond donors (Lipinski definition) is 3. The number of sulfonamides is 1. The molecular weight excluding hydrogens is 779 g/mol. The molecule has 2 aromatic rings. The summed E-state index contributed by atoms with van der Waals surface area (Å²) < 4.78 is 52.3. The zero-order chi connectivity index (χ0) is 41.5. The van der Waals surface area contributed by atoms with Crippen molar-refractivity contribution in [2.24, 2.45) is 17.8 Å². The van der Waals surface area contributed by atoms with Crippen LogP contribution in [0.25, 0.3) is 17.0 Å². The van der Waals surface area contributed by atoms with Crippen LogP contribution in [0.15, 0.2) is 36.9 Å². The van der Waals surface area contributed by atoms with Crippen molar-refractivity contribution >= 4 is 50.8 Å². The number of carbonyl (C=O) groups excluding carboxylic acids is 4. The third-order valence-corrected chi connectivity index (χ3v) is 14.8. The van der Waals surface area contributed by atoms with Gasteiger partial charge in [0.1, 0.15) is 41.3 Å². The normalized spacial score (nSPS) is 30.5. The van der Waals surface area contributed by atoms with Crippen molar-refractivity contribution in [1.82, 2.24) is 25.2 Å². The van der Waals surface area contributed by atoms with Crippen molar-refractivity contribution in [2.45, 2.75) is 125 Å². The maximum Gasteiger partial charge on any atom is 0.408 e. The summed E-state index contributed by atoms with van der Waals surface area (Å²) in [4.78, 5) is 63.3. The first-order chi connectivity index (χ1) is 28.4. The number of amides is 4. The van der Waals surface area contributed by atoms with E-state index in [0.717, 1.165) is 37.7 Å². The van der Waals surface area contributed by atoms with Crippen LogP contribution in [0, 0.1) is 17.8 Å². The second kappa shape index (κ2) is 16.7. The standard InChI is InChI=1S/C43H55N5O10S/c1-4-28-23-43(28,41(51)47-59(53,54)30-17-18-30)46-39(49)33-20-29-24-48(33)40(50)38(26-11-7-6-8-12-26)45-42(52)58-34-16-10-14-25(34)13-9-15-27-19-31-32(21-35(27)55-3)44-37(56-5-2)22-36(31)57-29/h4,9,15,19,21-22,25-26,28-30,33-34,38H,1,5-8,10-14,16-18,20,23-24H2,2-3H3,(H,45,52)(H,46,49)(H,47,51)/b15-9+/t25-,28+,29-,33+,34-,38+,43+/m1/s1. The van der Waals surface area contributed by atoms with Gasteiger partial charge in [0.2, 0.25) is 27.7 Å². The number of benzene rings is 1. The molecular formula is C43H55N5O10S. The van der Waals surface area contributed by atoms with E-state index in [1.54, 1.807) is 13.2 Å². The molecule has 1 saturated heterocycles. The van der Waals surface area contributed by atoms with E-state index in [2.05, 4.69) is 28.0 Å². The number of hydrogen-bond acceptors (Lipinski definition) is 11. The van der Waals surface area contributed by atoms with Crippen LogP contribution in [-0.4, -0.2) is 97.5 Å². The van der Waals surface area contributed by atoms with Crippen LogP contribution < -0.4 is 29.6 Å². The third-order valence-electron chi connectivity index (χ3n) is 13.0. The molecule has 1 aromatic carbocycles. The Hall–Kier alpha value is -4.86. The lowest BCUT2D eigenvalue weighted by molar-refractivity contribution is -0.142. The number of alkyl carbamates (subject to hydrolysis) is 1. The van der Waals surface area contributed by atoms with Crippen molar-refractivity contribution in [1.29, 1.82) is 0 Å². The molecule has 0 radical (unpaired) electrons. The number of fused-ring (bicyclic) bond motifs is 4. The van der Waals surface area contributed by atoms with Gasteiger partial charge in [-0.3, -0.25) is 19.1 Å². The molecule has 3 N–H and O–H groups in total. The lowest BCUT2D eigenvalue weighted by Crippen LogP contribution is -2.59. The number of rotatable bonds is 10. The Bertz CT molecular complexity index is 2140. The Balaban J connectivity index is 1.18. The molecule has 4 saturated carbocycles. The largest absolute Gasteiger partial charge is 0.496 e. The molecule has 318 valence electrons. The lowest BCUT2D eigenvalue weighted by atomic mass is 9.83. The topological polar surface area (TPSA) is 192 Å². The summed E-state index contributed by atoms with van der Waals surface area (Å²) in [6.45, 7) is 6.01. The van der Waals surface area contributed by atoms with Crippen LogP contribution in [0.2, 0.25) is 0 Å². The minimum atomic E-state index is -3.91. The first kappa shape index (κ1) is 40.9. The number of nitrogens with zero attached hydrogens (tertiary/aromatic N) is 2. The minimum Gasteiger partial charge on any atom is -0.496 e. The molecule has 3 heterocycles. The molecule has 4 aliphatic carbocycles. The quantitative estimate of drug-likeness (QED) is 0.276. The highest BCUT2D eigenvalue weighted by Gasteiger charge is 2.62. The average Bonchev–Trinajstić information content (AvgIpc) is 4.12. The van der Waals surface area contributed by atoms with Gasteiger partial charge in [0.25, 0.3) is 5.91 Å². The van der Waals surface area contributed by atoms with E-state index >= 15 is 4.79 Å². The number of pyridine rings is 1. The highest BCUT2D eigenvalue weighted by molar-refractivity contribution is 7.91. The Morgan fingerprint density at radius 3 is 2.54 bits per heavy atom. The predicted octanol–water partition coefficient (Wildman–Crippen LogP) is 4.92. The maximum atomic E-state index is 15.0. The smallest absolute Gasteiger partial charge is 0.408 e. The number of ether oxygens (including phenoxy) is 4. The molecule has 16 heteroatoms. The molecule has 1 aromatic heterocycles. The zero-order valence-electron chi connectivity index (χ0n) is 33.8. The molecule has 59 heavy (non-hydrogen) atoms. The Kier molecular flexibility index (Phi) is 11.5. The van der Waals surface area contributed by atoms with Gasteiger partial charge in [-0.05, 0) is 82.6 Å². The molecule has 0 spiro atoms. The van der Waals surface area contributed by atoms with Crippen molar-refractivity contribution < 1.29 is 46.5 Å². The van der Waals surface area contributed by atoms with Crippen LogP contribution >= 0.6 is 0 Å². The van der Waals surface area contributed by atoms with Gasteiger partial charge in [0, 0.05) is 35.4 Å². The Morgan fingerprint density at radius 2 is 1.83 bits per heavy atom. The predicted molar refractivity (Wildman–Crippen MR) is 218 cm³/mol. The summed E-state index contributed by atoms with van der Waals surface area (Å²) in [7, 11) is -2.32. The summed E-state index contributed by atoms with van der Waals surface area (Å²) in [5.41, 5.74) is -0.202. The fourth-order valence-corrected chi connectivity index (χ4v) is 10.9. The van der Waals surface area contributed by atoms with Crippen LogP contribution in [0.1, 0.15) is 96.0 Å². The molecule has 2 aliphatic heterocycles. The van der Waals surface area contributed by atoms with E-state index in [9.17, 15) is 22.8 Å². The van der Waals surface area contributed by atoms with E-state index in [4.69, 9.17) is 23.9 Å². The summed E-state index contributed by atoms with van der Waals surface area (Å²) in [5.74, 6) is -1.18. The molecule has 0 unspecified atom stereocenters. The van der Waals surface area contributed by atoms with E-state index < -0.39 is 68.7 Å². The fourth-order valence-electron chi connectivity index (χ4n) is 9.54. The number of carbonyl (C=O) groups is 4. The number of allylic oxidation sites excluding steroid dienone is 1. The zero-order valence-corrected chi connectivity index (χ0v) is 34.6. The summed E-state index contributed by atoms with van der Waals surface area (Å²) in [5, 5.41) is 5.86. The van der Waals surface area contributed by atoms with Gasteiger partial charge in [-0.2, -0.15) is 0 Å². The highest BCUT2D eigenvalue weighted by Crippen LogP contribution is 2.46. The highest BCUT2D eigenvalue weighted by atomic mass is 32.2. The van der Waals surface area contributed by atoms with Gasteiger partial charge < -0.3 is 34.5 Å². The van der Waals surface area contributed by atoms with Crippen LogP contribution in [0.5, 0.6) is 17.4 Å². The number of methoxy groups -OCH3 is 1. The van der Waals surface area contributed by atoms with Gasteiger partial charge in [0.15, 0.2) is 0 Å². The molecule has 5 fully saturated rings. The molecule has 4 bridgehead atoms. The van der Waals surface area contributed by atoms with Gasteiger partial charge >= 0.3 is 6.09 Å². The number of nitrogens with one attached hydrogen (secondary N) is 3. The Morgan fingerprint density at radius 1 is 1.05 bits per heavy atom. The average molecular weight is 834 g/mol. The van der Waals surface area contributed by atoms with Crippen LogP contribution in [0.3, 0.4) is 0 Å². The van der Waals surface area contributed by atoms with Crippen molar-refractivity contribution in [3.8, 4) is 17.4 Å². The summed E-state index contributed by atoms with van der Waals surface area (Å²) in [6.07, 6.45) is 12.4. The molecule has 7 atom stereocenters. The second-order valence-electron chi connectivity index (χ2n) is 17.0. The molecule has 4 amide bonds. The van der Waals surface area contributed by atoms with Gasteiger partial charge in [0.05, 0.1) is 31.0 Å². The summed E-state index contributed by atoms with van der Waals surface area (Å²) in [6, 6.07) is 3.35. The lowest BCUT2D eigenvalue weighted by Gasteiger charge is -2.35. The van der Waals surface area contributed by atoms with E-state index in [-0.39, 0.29) is 37.3 Å².